The zero-order chi connectivity index (χ0) is 12.7. The van der Waals surface area contributed by atoms with E-state index >= 15 is 0 Å². The zero-order valence-corrected chi connectivity index (χ0v) is 10.5. The maximum atomic E-state index is 13.8. The van der Waals surface area contributed by atoms with Crippen LogP contribution in [0.15, 0.2) is 18.2 Å². The van der Waals surface area contributed by atoms with E-state index < -0.39 is 0 Å². The van der Waals surface area contributed by atoms with Gasteiger partial charge in [0.1, 0.15) is 5.82 Å². The van der Waals surface area contributed by atoms with Gasteiger partial charge in [-0.3, -0.25) is 0 Å². The lowest BCUT2D eigenvalue weighted by atomic mass is 10.1. The summed E-state index contributed by atoms with van der Waals surface area (Å²) >= 11 is 0. The van der Waals surface area contributed by atoms with Crippen molar-refractivity contribution in [3.8, 4) is 0 Å². The highest BCUT2D eigenvalue weighted by Gasteiger charge is 2.11. The molecule has 0 amide bonds. The maximum Gasteiger partial charge on any atom is 0.149 e. The number of rotatable bonds is 7. The molecular formula is C13H21FN2O. The van der Waals surface area contributed by atoms with Crippen molar-refractivity contribution in [1.82, 2.24) is 0 Å². The van der Waals surface area contributed by atoms with Gasteiger partial charge >= 0.3 is 0 Å². The van der Waals surface area contributed by atoms with Crippen LogP contribution in [0.4, 0.5) is 10.1 Å². The standard InChI is InChI=1S/C13H21FN2O/c1-10-5-3-7-12(13(10)14)16-11(9-17-2)6-4-8-15/h3,5,7,11,16H,4,6,8-9,15H2,1-2H3. The fourth-order valence-corrected chi connectivity index (χ4v) is 1.74. The molecular weight excluding hydrogens is 219 g/mol. The number of methoxy groups -OCH3 is 1. The fraction of sp³-hybridized carbons (Fsp3) is 0.538. The summed E-state index contributed by atoms with van der Waals surface area (Å²) in [6.45, 7) is 2.94. The van der Waals surface area contributed by atoms with Crippen LogP contribution >= 0.6 is 0 Å². The first-order valence-corrected chi connectivity index (χ1v) is 5.89. The topological polar surface area (TPSA) is 47.3 Å². The number of halogens is 1. The minimum absolute atomic E-state index is 0.0971. The number of benzene rings is 1. The molecule has 0 saturated heterocycles. The molecule has 0 aliphatic heterocycles. The van der Waals surface area contributed by atoms with Crippen LogP contribution in [-0.4, -0.2) is 26.3 Å². The highest BCUT2D eigenvalue weighted by molar-refractivity contribution is 5.48. The number of anilines is 1. The summed E-state index contributed by atoms with van der Waals surface area (Å²) in [5.41, 5.74) is 6.65. The van der Waals surface area contributed by atoms with Gasteiger partial charge in [-0.2, -0.15) is 0 Å². The van der Waals surface area contributed by atoms with Crippen molar-refractivity contribution in [3.05, 3.63) is 29.6 Å². The third kappa shape index (κ3) is 4.32. The Morgan fingerprint density at radius 3 is 2.88 bits per heavy atom. The Hall–Kier alpha value is -1.13. The molecule has 17 heavy (non-hydrogen) atoms. The molecule has 3 N–H and O–H groups in total. The van der Waals surface area contributed by atoms with Crippen molar-refractivity contribution in [3.63, 3.8) is 0 Å². The van der Waals surface area contributed by atoms with Crippen LogP contribution in [0, 0.1) is 12.7 Å². The van der Waals surface area contributed by atoms with E-state index in [9.17, 15) is 4.39 Å². The molecule has 1 aromatic carbocycles. The SMILES string of the molecule is COCC(CCCN)Nc1cccc(C)c1F. The molecule has 0 aromatic heterocycles. The van der Waals surface area contributed by atoms with Crippen LogP contribution in [0.25, 0.3) is 0 Å². The highest BCUT2D eigenvalue weighted by Crippen LogP contribution is 2.19. The predicted octanol–water partition coefficient (Wildman–Crippen LogP) is 2.30. The van der Waals surface area contributed by atoms with Crippen LogP contribution in [0.3, 0.4) is 0 Å². The van der Waals surface area contributed by atoms with Crippen molar-refractivity contribution in [1.29, 1.82) is 0 Å². The molecule has 1 rings (SSSR count). The van der Waals surface area contributed by atoms with Crippen LogP contribution in [0.2, 0.25) is 0 Å². The van der Waals surface area contributed by atoms with Crippen molar-refractivity contribution in [2.24, 2.45) is 5.73 Å². The maximum absolute atomic E-state index is 13.8. The number of ether oxygens (including phenoxy) is 1. The van der Waals surface area contributed by atoms with E-state index in [1.807, 2.05) is 6.07 Å². The van der Waals surface area contributed by atoms with Crippen molar-refractivity contribution in [2.75, 3.05) is 25.6 Å². The van der Waals surface area contributed by atoms with Gasteiger partial charge in [0.25, 0.3) is 0 Å². The van der Waals surface area contributed by atoms with Gasteiger partial charge in [-0.1, -0.05) is 12.1 Å². The molecule has 0 aliphatic carbocycles. The Bertz CT molecular complexity index is 344. The van der Waals surface area contributed by atoms with Gasteiger partial charge in [0.2, 0.25) is 0 Å². The quantitative estimate of drug-likeness (QED) is 0.768. The summed E-state index contributed by atoms with van der Waals surface area (Å²) in [5.74, 6) is -0.193. The Morgan fingerprint density at radius 2 is 2.24 bits per heavy atom. The third-order valence-electron chi connectivity index (χ3n) is 2.68. The molecule has 1 aromatic rings. The molecule has 3 nitrogen and oxygen atoms in total. The predicted molar refractivity (Wildman–Crippen MR) is 68.7 cm³/mol. The molecule has 0 radical (unpaired) electrons. The molecule has 0 spiro atoms. The first-order valence-electron chi connectivity index (χ1n) is 5.89. The smallest absolute Gasteiger partial charge is 0.149 e. The van der Waals surface area contributed by atoms with Crippen LogP contribution in [0.1, 0.15) is 18.4 Å². The van der Waals surface area contributed by atoms with Crippen molar-refractivity contribution < 1.29 is 9.13 Å². The Labute approximate surface area is 102 Å². The Kier molecular flexibility index (Phi) is 5.94. The number of nitrogens with two attached hydrogens (primary N) is 1. The van der Waals surface area contributed by atoms with Gasteiger partial charge in [0.15, 0.2) is 0 Å². The zero-order valence-electron chi connectivity index (χ0n) is 10.5. The molecule has 0 fully saturated rings. The summed E-state index contributed by atoms with van der Waals surface area (Å²) in [5, 5.41) is 3.17. The lowest BCUT2D eigenvalue weighted by molar-refractivity contribution is 0.182. The minimum Gasteiger partial charge on any atom is -0.383 e. The van der Waals surface area contributed by atoms with E-state index in [1.54, 1.807) is 26.2 Å². The number of nitrogens with one attached hydrogen (secondary N) is 1. The van der Waals surface area contributed by atoms with Gasteiger partial charge in [-0.15, -0.1) is 0 Å². The first-order chi connectivity index (χ1) is 8.19. The summed E-state index contributed by atoms with van der Waals surface area (Å²) in [4.78, 5) is 0. The van der Waals surface area contributed by atoms with Gasteiger partial charge in [0, 0.05) is 13.2 Å². The molecule has 1 atom stereocenters. The third-order valence-corrected chi connectivity index (χ3v) is 2.68. The molecule has 0 heterocycles. The van der Waals surface area contributed by atoms with E-state index in [2.05, 4.69) is 5.32 Å². The van der Waals surface area contributed by atoms with Gasteiger partial charge in [0.05, 0.1) is 12.3 Å². The monoisotopic (exact) mass is 240 g/mol. The van der Waals surface area contributed by atoms with Crippen LogP contribution in [0.5, 0.6) is 0 Å². The molecule has 1 unspecified atom stereocenters. The molecule has 0 aliphatic rings. The van der Waals surface area contributed by atoms with Gasteiger partial charge in [-0.05, 0) is 37.9 Å². The van der Waals surface area contributed by atoms with E-state index in [4.69, 9.17) is 10.5 Å². The lowest BCUT2D eigenvalue weighted by Gasteiger charge is -2.19. The van der Waals surface area contributed by atoms with Gasteiger partial charge < -0.3 is 15.8 Å². The van der Waals surface area contributed by atoms with E-state index in [0.717, 1.165) is 12.8 Å². The van der Waals surface area contributed by atoms with Gasteiger partial charge in [-0.25, -0.2) is 4.39 Å². The summed E-state index contributed by atoms with van der Waals surface area (Å²) in [6.07, 6.45) is 1.77. The number of hydrogen-bond donors (Lipinski definition) is 2. The highest BCUT2D eigenvalue weighted by atomic mass is 19.1. The normalized spacial score (nSPS) is 12.5. The Morgan fingerprint density at radius 1 is 1.47 bits per heavy atom. The van der Waals surface area contributed by atoms with E-state index in [0.29, 0.717) is 24.4 Å². The molecule has 96 valence electrons. The fourth-order valence-electron chi connectivity index (χ4n) is 1.74. The molecule has 0 bridgehead atoms. The van der Waals surface area contributed by atoms with Crippen LogP contribution < -0.4 is 11.1 Å². The lowest BCUT2D eigenvalue weighted by Crippen LogP contribution is -2.26. The summed E-state index contributed by atoms with van der Waals surface area (Å²) in [6, 6.07) is 5.44. The van der Waals surface area contributed by atoms with E-state index in [1.165, 1.54) is 0 Å². The second-order valence-electron chi connectivity index (χ2n) is 4.16. The van der Waals surface area contributed by atoms with E-state index in [-0.39, 0.29) is 11.9 Å². The second-order valence-corrected chi connectivity index (χ2v) is 4.16. The average molecular weight is 240 g/mol. The average Bonchev–Trinajstić information content (AvgIpc) is 2.32. The summed E-state index contributed by atoms with van der Waals surface area (Å²) < 4.78 is 18.9. The number of aryl methyl sites for hydroxylation is 1. The Balaban J connectivity index is 2.67. The minimum atomic E-state index is -0.193. The summed E-state index contributed by atoms with van der Waals surface area (Å²) in [7, 11) is 1.64. The largest absolute Gasteiger partial charge is 0.383 e. The molecule has 4 heteroatoms. The second kappa shape index (κ2) is 7.25. The van der Waals surface area contributed by atoms with Crippen LogP contribution in [-0.2, 0) is 4.74 Å². The van der Waals surface area contributed by atoms with Crippen molar-refractivity contribution >= 4 is 5.69 Å². The number of hydrogen-bond acceptors (Lipinski definition) is 3. The van der Waals surface area contributed by atoms with Crippen molar-refractivity contribution in [2.45, 2.75) is 25.8 Å². The first kappa shape index (κ1) is 13.9. The molecule has 0 saturated carbocycles.